The Morgan fingerprint density at radius 2 is 1.85 bits per heavy atom. The van der Waals surface area contributed by atoms with Gasteiger partial charge in [-0.15, -0.1) is 0 Å². The van der Waals surface area contributed by atoms with E-state index in [-0.39, 0.29) is 19.1 Å². The number of nitrogens with one attached hydrogen (secondary N) is 2. The maximum Gasteiger partial charge on any atom is 0.329 e. The molecule has 1 amide bonds. The van der Waals surface area contributed by atoms with Crippen LogP contribution < -0.4 is 15.4 Å². The fourth-order valence-corrected chi connectivity index (χ4v) is 2.48. The quantitative estimate of drug-likeness (QED) is 0.677. The highest BCUT2D eigenvalue weighted by atomic mass is 35.5. The molecule has 2 aromatic carbocycles. The molecular weight excluding hydrogens is 368 g/mol. The number of amides is 1. The Morgan fingerprint density at radius 3 is 2.48 bits per heavy atom. The monoisotopic (exact) mass is 390 g/mol. The third-order valence-corrected chi connectivity index (χ3v) is 4.41. The van der Waals surface area contributed by atoms with Gasteiger partial charge in [-0.05, 0) is 43.7 Å². The van der Waals surface area contributed by atoms with Crippen LogP contribution in [0.4, 0.5) is 5.69 Å². The van der Waals surface area contributed by atoms with Gasteiger partial charge in [0.15, 0.2) is 0 Å². The van der Waals surface area contributed by atoms with Crippen molar-refractivity contribution in [3.05, 3.63) is 59.1 Å². The van der Waals surface area contributed by atoms with Crippen LogP contribution in [0.1, 0.15) is 12.5 Å². The molecule has 0 saturated heterocycles. The van der Waals surface area contributed by atoms with Crippen molar-refractivity contribution < 1.29 is 19.1 Å². The molecule has 2 N–H and O–H groups in total. The number of ether oxygens (including phenoxy) is 2. The maximum absolute atomic E-state index is 12.2. The number of hydrogen-bond acceptors (Lipinski definition) is 5. The minimum Gasteiger partial charge on any atom is -0.491 e. The predicted octanol–water partition coefficient (Wildman–Crippen LogP) is 3.19. The lowest BCUT2D eigenvalue weighted by Gasteiger charge is -2.27. The van der Waals surface area contributed by atoms with Crippen LogP contribution >= 0.6 is 11.6 Å². The van der Waals surface area contributed by atoms with E-state index < -0.39 is 11.5 Å². The molecule has 0 aliphatic carbocycles. The molecule has 2 aromatic rings. The second kappa shape index (κ2) is 9.39. The van der Waals surface area contributed by atoms with Crippen LogP contribution in [0.15, 0.2) is 48.5 Å². The summed E-state index contributed by atoms with van der Waals surface area (Å²) >= 11 is 6.06. The molecule has 0 heterocycles. The van der Waals surface area contributed by atoms with Gasteiger partial charge in [0, 0.05) is 10.7 Å². The zero-order valence-electron chi connectivity index (χ0n) is 15.5. The van der Waals surface area contributed by atoms with E-state index in [1.807, 2.05) is 31.2 Å². The highest BCUT2D eigenvalue weighted by molar-refractivity contribution is 6.31. The first-order chi connectivity index (χ1) is 12.8. The molecule has 27 heavy (non-hydrogen) atoms. The molecule has 2 rings (SSSR count). The van der Waals surface area contributed by atoms with E-state index in [1.165, 1.54) is 7.11 Å². The Morgan fingerprint density at radius 1 is 1.15 bits per heavy atom. The van der Waals surface area contributed by atoms with E-state index in [4.69, 9.17) is 21.1 Å². The van der Waals surface area contributed by atoms with E-state index in [0.717, 1.165) is 5.56 Å². The maximum atomic E-state index is 12.2. The van der Waals surface area contributed by atoms with E-state index in [9.17, 15) is 9.59 Å². The molecule has 0 radical (unpaired) electrons. The molecule has 0 bridgehead atoms. The molecule has 144 valence electrons. The number of halogens is 1. The van der Waals surface area contributed by atoms with E-state index in [0.29, 0.717) is 16.5 Å². The Kier molecular flexibility index (Phi) is 7.21. The molecule has 0 saturated carbocycles. The zero-order chi connectivity index (χ0) is 19.9. The van der Waals surface area contributed by atoms with Gasteiger partial charge in [-0.2, -0.15) is 0 Å². The molecule has 0 aliphatic heterocycles. The SMILES string of the molecule is COC(=O)C(C)(COc1ccccc1)NCC(=O)Nc1ccc(C)c(Cl)c1. The van der Waals surface area contributed by atoms with Gasteiger partial charge in [0.1, 0.15) is 17.9 Å². The summed E-state index contributed by atoms with van der Waals surface area (Å²) in [6.45, 7) is 3.41. The van der Waals surface area contributed by atoms with Crippen molar-refractivity contribution in [3.8, 4) is 5.75 Å². The van der Waals surface area contributed by atoms with E-state index in [1.54, 1.807) is 31.2 Å². The first-order valence-electron chi connectivity index (χ1n) is 8.41. The Bertz CT molecular complexity index is 798. The molecule has 7 heteroatoms. The van der Waals surface area contributed by atoms with Crippen molar-refractivity contribution in [2.45, 2.75) is 19.4 Å². The first kappa shape index (κ1) is 20.7. The van der Waals surface area contributed by atoms with E-state index in [2.05, 4.69) is 10.6 Å². The van der Waals surface area contributed by atoms with Gasteiger partial charge in [-0.25, -0.2) is 4.79 Å². The van der Waals surface area contributed by atoms with Crippen LogP contribution in [0.25, 0.3) is 0 Å². The summed E-state index contributed by atoms with van der Waals surface area (Å²) in [6, 6.07) is 14.3. The van der Waals surface area contributed by atoms with Crippen LogP contribution in [0.3, 0.4) is 0 Å². The lowest BCUT2D eigenvalue weighted by molar-refractivity contribution is -0.149. The van der Waals surface area contributed by atoms with Gasteiger partial charge in [-0.3, -0.25) is 10.1 Å². The number of carbonyl (C=O) groups is 2. The second-order valence-electron chi connectivity index (χ2n) is 6.29. The molecule has 0 spiro atoms. The third-order valence-electron chi connectivity index (χ3n) is 4.00. The standard InChI is InChI=1S/C20H23ClN2O4/c1-14-9-10-15(11-17(14)21)23-18(24)12-22-20(2,19(25)26-3)13-27-16-7-5-4-6-8-16/h4-11,22H,12-13H2,1-3H3,(H,23,24). The summed E-state index contributed by atoms with van der Waals surface area (Å²) in [5, 5.41) is 6.22. The molecule has 0 fully saturated rings. The first-order valence-corrected chi connectivity index (χ1v) is 8.79. The number of hydrogen-bond donors (Lipinski definition) is 2. The molecule has 1 unspecified atom stereocenters. The number of rotatable bonds is 8. The van der Waals surface area contributed by atoms with Crippen molar-refractivity contribution in [1.29, 1.82) is 0 Å². The number of para-hydroxylation sites is 1. The average Bonchev–Trinajstić information content (AvgIpc) is 2.68. The number of carbonyl (C=O) groups excluding carboxylic acids is 2. The summed E-state index contributed by atoms with van der Waals surface area (Å²) in [7, 11) is 1.29. The van der Waals surface area contributed by atoms with Crippen molar-refractivity contribution >= 4 is 29.2 Å². The molecule has 0 aliphatic rings. The van der Waals surface area contributed by atoms with E-state index >= 15 is 0 Å². The van der Waals surface area contributed by atoms with Gasteiger partial charge in [0.05, 0.1) is 13.7 Å². The van der Waals surface area contributed by atoms with Crippen LogP contribution in [0, 0.1) is 6.92 Å². The van der Waals surface area contributed by atoms with Gasteiger partial charge >= 0.3 is 5.97 Å². The smallest absolute Gasteiger partial charge is 0.329 e. The van der Waals surface area contributed by atoms with Crippen LogP contribution in [0.5, 0.6) is 5.75 Å². The van der Waals surface area contributed by atoms with Crippen LogP contribution in [-0.4, -0.2) is 37.7 Å². The number of methoxy groups -OCH3 is 1. The van der Waals surface area contributed by atoms with Gasteiger partial charge < -0.3 is 14.8 Å². The second-order valence-corrected chi connectivity index (χ2v) is 6.70. The molecular formula is C20H23ClN2O4. The fourth-order valence-electron chi connectivity index (χ4n) is 2.30. The van der Waals surface area contributed by atoms with Crippen LogP contribution in [0.2, 0.25) is 5.02 Å². The molecule has 0 aromatic heterocycles. The highest BCUT2D eigenvalue weighted by Crippen LogP contribution is 2.20. The Hall–Kier alpha value is -2.57. The number of benzene rings is 2. The largest absolute Gasteiger partial charge is 0.491 e. The topological polar surface area (TPSA) is 76.7 Å². The Balaban J connectivity index is 1.97. The minimum absolute atomic E-state index is 0.00727. The molecule has 1 atom stereocenters. The summed E-state index contributed by atoms with van der Waals surface area (Å²) in [5.41, 5.74) is 0.314. The number of esters is 1. The average molecular weight is 391 g/mol. The summed E-state index contributed by atoms with van der Waals surface area (Å²) < 4.78 is 10.5. The fraction of sp³-hybridized carbons (Fsp3) is 0.300. The third kappa shape index (κ3) is 5.98. The van der Waals surface area contributed by atoms with Gasteiger partial charge in [0.25, 0.3) is 0 Å². The zero-order valence-corrected chi connectivity index (χ0v) is 16.3. The van der Waals surface area contributed by atoms with Crippen molar-refractivity contribution in [3.63, 3.8) is 0 Å². The predicted molar refractivity (Wildman–Crippen MR) is 105 cm³/mol. The van der Waals surface area contributed by atoms with Crippen LogP contribution in [-0.2, 0) is 14.3 Å². The summed E-state index contributed by atoms with van der Waals surface area (Å²) in [5.74, 6) is -0.220. The number of anilines is 1. The molecule has 6 nitrogen and oxygen atoms in total. The summed E-state index contributed by atoms with van der Waals surface area (Å²) in [4.78, 5) is 24.4. The lowest BCUT2D eigenvalue weighted by Crippen LogP contribution is -2.56. The Labute approximate surface area is 163 Å². The number of aryl methyl sites for hydroxylation is 1. The highest BCUT2D eigenvalue weighted by Gasteiger charge is 2.35. The van der Waals surface area contributed by atoms with Gasteiger partial charge in [0.2, 0.25) is 5.91 Å². The minimum atomic E-state index is -1.19. The van der Waals surface area contributed by atoms with Crippen molar-refractivity contribution in [2.24, 2.45) is 0 Å². The van der Waals surface area contributed by atoms with Crippen molar-refractivity contribution in [2.75, 3.05) is 25.6 Å². The summed E-state index contributed by atoms with van der Waals surface area (Å²) in [6.07, 6.45) is 0. The normalized spacial score (nSPS) is 12.7. The van der Waals surface area contributed by atoms with Crippen molar-refractivity contribution in [1.82, 2.24) is 5.32 Å². The van der Waals surface area contributed by atoms with Gasteiger partial charge in [-0.1, -0.05) is 35.9 Å². The lowest BCUT2D eigenvalue weighted by atomic mass is 10.0.